The summed E-state index contributed by atoms with van der Waals surface area (Å²) in [5, 5.41) is 0. The van der Waals surface area contributed by atoms with E-state index in [1.54, 1.807) is 0 Å². The van der Waals surface area contributed by atoms with Gasteiger partial charge in [0.1, 0.15) is 0 Å². The number of carbonyl (C=O) groups is 1. The summed E-state index contributed by atoms with van der Waals surface area (Å²) in [6.07, 6.45) is 2.43. The highest BCUT2D eigenvalue weighted by Crippen LogP contribution is 2.25. The van der Waals surface area contributed by atoms with Crippen molar-refractivity contribution < 1.29 is 18.0 Å². The molecule has 0 amide bonds. The second-order valence-corrected chi connectivity index (χ2v) is 3.62. The van der Waals surface area contributed by atoms with Crippen molar-refractivity contribution in [1.82, 2.24) is 0 Å². The lowest BCUT2D eigenvalue weighted by Gasteiger charge is -2.17. The van der Waals surface area contributed by atoms with Crippen LogP contribution in [0.3, 0.4) is 0 Å². The number of allylic oxidation sites excluding steroid dienone is 2. The molecule has 14 heavy (non-hydrogen) atoms. The minimum Gasteiger partial charge on any atom is -0.285 e. The lowest BCUT2D eigenvalue weighted by Crippen LogP contribution is -2.20. The molecule has 0 saturated heterocycles. The van der Waals surface area contributed by atoms with Gasteiger partial charge in [0.05, 0.1) is 0 Å². The lowest BCUT2D eigenvalue weighted by atomic mass is 9.89. The maximum absolute atomic E-state index is 11.8. The molecule has 0 aromatic rings. The molecule has 0 aromatic heterocycles. The maximum Gasteiger partial charge on any atom is 0.454 e. The zero-order chi connectivity index (χ0) is 10.6. The topological polar surface area (TPSA) is 17.1 Å². The Morgan fingerprint density at radius 1 is 1.14 bits per heavy atom. The van der Waals surface area contributed by atoms with Crippen LogP contribution in [0.1, 0.15) is 32.1 Å². The maximum atomic E-state index is 11.8. The van der Waals surface area contributed by atoms with E-state index in [-0.39, 0.29) is 5.92 Å². The summed E-state index contributed by atoms with van der Waals surface area (Å²) in [4.78, 5) is 10.5. The summed E-state index contributed by atoms with van der Waals surface area (Å²) < 4.78 is 35.4. The zero-order valence-electron chi connectivity index (χ0n) is 7.81. The van der Waals surface area contributed by atoms with Crippen LogP contribution >= 0.6 is 0 Å². The molecule has 1 rings (SSSR count). The van der Waals surface area contributed by atoms with Gasteiger partial charge in [0.2, 0.25) is 0 Å². The number of hydrogen-bond acceptors (Lipinski definition) is 1. The second-order valence-electron chi connectivity index (χ2n) is 3.62. The molecule has 0 bridgehead atoms. The van der Waals surface area contributed by atoms with Crippen LogP contribution in [-0.2, 0) is 4.79 Å². The number of hydrogen-bond donors (Lipinski definition) is 0. The van der Waals surface area contributed by atoms with Crippen molar-refractivity contribution in [3.05, 3.63) is 12.2 Å². The van der Waals surface area contributed by atoms with Gasteiger partial charge in [-0.25, -0.2) is 0 Å². The Bertz CT molecular complexity index is 224. The minimum atomic E-state index is -4.72. The van der Waals surface area contributed by atoms with Crippen LogP contribution in [0.2, 0.25) is 0 Å². The Morgan fingerprint density at radius 2 is 1.71 bits per heavy atom. The second kappa shape index (κ2) is 4.62. The molecule has 0 radical (unpaired) electrons. The van der Waals surface area contributed by atoms with E-state index in [1.165, 1.54) is 6.08 Å². The summed E-state index contributed by atoms with van der Waals surface area (Å²) >= 11 is 0. The average Bonchev–Trinajstić information content (AvgIpc) is 2.14. The Morgan fingerprint density at radius 3 is 2.21 bits per heavy atom. The van der Waals surface area contributed by atoms with Gasteiger partial charge >= 0.3 is 6.18 Å². The van der Waals surface area contributed by atoms with E-state index in [4.69, 9.17) is 0 Å². The number of carbonyl (C=O) groups excluding carboxylic acids is 1. The van der Waals surface area contributed by atoms with Gasteiger partial charge in [0.25, 0.3) is 5.78 Å². The van der Waals surface area contributed by atoms with E-state index in [0.29, 0.717) is 6.08 Å². The number of halogens is 3. The van der Waals surface area contributed by atoms with Gasteiger partial charge in [-0.2, -0.15) is 13.2 Å². The molecule has 1 fully saturated rings. The summed E-state index contributed by atoms with van der Waals surface area (Å²) in [7, 11) is 0. The Balaban J connectivity index is 2.42. The first-order valence-corrected chi connectivity index (χ1v) is 4.79. The third-order valence-electron chi connectivity index (χ3n) is 2.45. The monoisotopic (exact) mass is 206 g/mol. The van der Waals surface area contributed by atoms with E-state index in [2.05, 4.69) is 0 Å². The molecule has 1 nitrogen and oxygen atoms in total. The lowest BCUT2D eigenvalue weighted by molar-refractivity contribution is -0.165. The van der Waals surface area contributed by atoms with Crippen molar-refractivity contribution in [2.45, 2.75) is 38.3 Å². The van der Waals surface area contributed by atoms with E-state index >= 15 is 0 Å². The van der Waals surface area contributed by atoms with Crippen LogP contribution in [0.25, 0.3) is 0 Å². The van der Waals surface area contributed by atoms with Gasteiger partial charge in [0, 0.05) is 0 Å². The smallest absolute Gasteiger partial charge is 0.285 e. The highest BCUT2D eigenvalue weighted by Gasteiger charge is 2.36. The van der Waals surface area contributed by atoms with E-state index in [0.717, 1.165) is 32.1 Å². The first-order chi connectivity index (χ1) is 6.50. The quantitative estimate of drug-likeness (QED) is 0.634. The summed E-state index contributed by atoms with van der Waals surface area (Å²) in [6, 6.07) is 0. The van der Waals surface area contributed by atoms with Crippen LogP contribution in [0, 0.1) is 5.92 Å². The van der Waals surface area contributed by atoms with Crippen LogP contribution in [0.4, 0.5) is 13.2 Å². The molecule has 0 atom stereocenters. The molecule has 0 spiro atoms. The number of ketones is 1. The molecule has 1 aliphatic carbocycles. The van der Waals surface area contributed by atoms with Crippen LogP contribution < -0.4 is 0 Å². The Labute approximate surface area is 81.0 Å². The summed E-state index contributed by atoms with van der Waals surface area (Å²) in [6.45, 7) is 0. The molecular formula is C10H13F3O. The largest absolute Gasteiger partial charge is 0.454 e. The van der Waals surface area contributed by atoms with Crippen molar-refractivity contribution in [3.8, 4) is 0 Å². The molecule has 0 unspecified atom stereocenters. The molecule has 0 heterocycles. The summed E-state index contributed by atoms with van der Waals surface area (Å²) in [5.74, 6) is -1.59. The standard InChI is InChI=1S/C10H13F3O/c11-10(12,13)9(14)7-6-8-4-2-1-3-5-8/h6-8H,1-5H2/b7-6+. The van der Waals surface area contributed by atoms with Crippen molar-refractivity contribution in [2.75, 3.05) is 0 Å². The first-order valence-electron chi connectivity index (χ1n) is 4.79. The fraction of sp³-hybridized carbons (Fsp3) is 0.700. The molecular weight excluding hydrogens is 193 g/mol. The minimum absolute atomic E-state index is 0.162. The fourth-order valence-corrected chi connectivity index (χ4v) is 1.64. The average molecular weight is 206 g/mol. The van der Waals surface area contributed by atoms with Crippen LogP contribution in [-0.4, -0.2) is 12.0 Å². The normalized spacial score (nSPS) is 20.2. The first kappa shape index (κ1) is 11.3. The molecule has 80 valence electrons. The van der Waals surface area contributed by atoms with E-state index in [1.807, 2.05) is 0 Å². The molecule has 1 saturated carbocycles. The highest BCUT2D eigenvalue weighted by atomic mass is 19.4. The van der Waals surface area contributed by atoms with Crippen LogP contribution in [0.5, 0.6) is 0 Å². The number of alkyl halides is 3. The van der Waals surface area contributed by atoms with Gasteiger partial charge in [0.15, 0.2) is 0 Å². The Hall–Kier alpha value is -0.800. The van der Waals surface area contributed by atoms with Gasteiger partial charge in [-0.3, -0.25) is 4.79 Å². The van der Waals surface area contributed by atoms with E-state index < -0.39 is 12.0 Å². The van der Waals surface area contributed by atoms with Gasteiger partial charge in [-0.05, 0) is 24.8 Å². The predicted molar refractivity (Wildman–Crippen MR) is 46.8 cm³/mol. The third-order valence-corrected chi connectivity index (χ3v) is 2.45. The highest BCUT2D eigenvalue weighted by molar-refractivity contribution is 5.94. The molecule has 0 N–H and O–H groups in total. The third kappa shape index (κ3) is 3.52. The zero-order valence-corrected chi connectivity index (χ0v) is 7.81. The van der Waals surface area contributed by atoms with Crippen molar-refractivity contribution in [1.29, 1.82) is 0 Å². The van der Waals surface area contributed by atoms with Crippen molar-refractivity contribution in [2.24, 2.45) is 5.92 Å². The molecule has 1 aliphatic rings. The predicted octanol–water partition coefficient (Wildman–Crippen LogP) is 3.25. The van der Waals surface area contributed by atoms with Crippen molar-refractivity contribution in [3.63, 3.8) is 0 Å². The molecule has 0 aromatic carbocycles. The van der Waals surface area contributed by atoms with Gasteiger partial charge in [-0.1, -0.05) is 25.3 Å². The van der Waals surface area contributed by atoms with Gasteiger partial charge in [-0.15, -0.1) is 0 Å². The molecule has 0 aliphatic heterocycles. The summed E-state index contributed by atoms with van der Waals surface area (Å²) in [5.41, 5.74) is 0. The number of rotatable bonds is 2. The van der Waals surface area contributed by atoms with Crippen molar-refractivity contribution >= 4 is 5.78 Å². The Kier molecular flexibility index (Phi) is 3.72. The van der Waals surface area contributed by atoms with Crippen LogP contribution in [0.15, 0.2) is 12.2 Å². The SMILES string of the molecule is O=C(/C=C/C1CCCCC1)C(F)(F)F. The molecule has 4 heteroatoms. The fourth-order valence-electron chi connectivity index (χ4n) is 1.64. The van der Waals surface area contributed by atoms with Gasteiger partial charge < -0.3 is 0 Å². The van der Waals surface area contributed by atoms with E-state index in [9.17, 15) is 18.0 Å².